The van der Waals surface area contributed by atoms with Gasteiger partial charge in [0.15, 0.2) is 0 Å². The van der Waals surface area contributed by atoms with Crippen LogP contribution in [0, 0.1) is 5.41 Å². The number of hydrogen-bond acceptors (Lipinski definition) is 1. The van der Waals surface area contributed by atoms with E-state index in [9.17, 15) is 0 Å². The molecule has 2 heteroatoms. The van der Waals surface area contributed by atoms with Gasteiger partial charge in [0, 0.05) is 11.8 Å². The maximum Gasteiger partial charge on any atom is 0.0799 e. The molecule has 140 valence electrons. The lowest BCUT2D eigenvalue weighted by Crippen LogP contribution is -2.41. The predicted octanol–water partition coefficient (Wildman–Crippen LogP) is 6.55. The quantitative estimate of drug-likeness (QED) is 0.473. The third kappa shape index (κ3) is 4.75. The number of rotatable bonds is 4. The summed E-state index contributed by atoms with van der Waals surface area (Å²) in [7, 11) is -1.44. The maximum absolute atomic E-state index is 4.93. The lowest BCUT2D eigenvalue weighted by atomic mass is 9.87. The predicted molar refractivity (Wildman–Crippen MR) is 121 cm³/mol. The zero-order valence-corrected chi connectivity index (χ0v) is 18.5. The van der Waals surface area contributed by atoms with Gasteiger partial charge in [-0.2, -0.15) is 0 Å². The Bertz CT molecular complexity index is 915. The number of hydrogen-bond donors (Lipinski definition) is 0. The minimum Gasteiger partial charge on any atom is -0.256 e. The average Bonchev–Trinajstić information content (AvgIpc) is 2.60. The summed E-state index contributed by atoms with van der Waals surface area (Å²) >= 11 is 0. The topological polar surface area (TPSA) is 12.9 Å². The van der Waals surface area contributed by atoms with E-state index >= 15 is 0 Å². The van der Waals surface area contributed by atoms with Crippen LogP contribution in [0.4, 0.5) is 0 Å². The van der Waals surface area contributed by atoms with E-state index in [-0.39, 0.29) is 5.41 Å². The van der Waals surface area contributed by atoms with Gasteiger partial charge in [0.25, 0.3) is 0 Å². The largest absolute Gasteiger partial charge is 0.256 e. The second kappa shape index (κ2) is 7.44. The fraction of sp³-hybridized carbons (Fsp3) is 0.320. The van der Waals surface area contributed by atoms with Crippen LogP contribution in [0.2, 0.25) is 19.6 Å². The highest BCUT2D eigenvalue weighted by Crippen LogP contribution is 2.32. The Morgan fingerprint density at radius 3 is 2.00 bits per heavy atom. The molecule has 3 aromatic rings. The highest BCUT2D eigenvalue weighted by atomic mass is 28.3. The Labute approximate surface area is 165 Å². The first-order valence-electron chi connectivity index (χ1n) is 9.79. The van der Waals surface area contributed by atoms with Gasteiger partial charge in [0.2, 0.25) is 0 Å². The molecular formula is C25H31NSi. The second-order valence-corrected chi connectivity index (χ2v) is 14.7. The average molecular weight is 374 g/mol. The molecule has 0 unspecified atom stereocenters. The molecule has 0 saturated heterocycles. The smallest absolute Gasteiger partial charge is 0.0799 e. The lowest BCUT2D eigenvalue weighted by molar-refractivity contribution is 0.412. The summed E-state index contributed by atoms with van der Waals surface area (Å²) in [6.45, 7) is 14.2. The van der Waals surface area contributed by atoms with Crippen molar-refractivity contribution in [2.75, 3.05) is 0 Å². The minimum absolute atomic E-state index is 0.256. The molecule has 0 spiro atoms. The number of nitrogens with zero attached hydrogens (tertiary/aromatic N) is 1. The fourth-order valence-corrected chi connectivity index (χ4v) is 5.19. The van der Waals surface area contributed by atoms with Crippen LogP contribution in [0.3, 0.4) is 0 Å². The normalized spacial score (nSPS) is 12.2. The van der Waals surface area contributed by atoms with Crippen LogP contribution in [0.15, 0.2) is 66.9 Å². The molecule has 0 aliphatic carbocycles. The van der Waals surface area contributed by atoms with E-state index in [4.69, 9.17) is 4.98 Å². The first-order chi connectivity index (χ1) is 12.6. The van der Waals surface area contributed by atoms with Crippen molar-refractivity contribution in [3.8, 4) is 22.4 Å². The summed E-state index contributed by atoms with van der Waals surface area (Å²) in [5.74, 6) is 0. The van der Waals surface area contributed by atoms with Crippen LogP contribution in [-0.4, -0.2) is 13.1 Å². The standard InChI is InChI=1S/C25H31NSi/c1-25(2,3)17-20-16-23(26-18-24(20)27(4,5)6)22-15-11-10-14-21(22)19-12-8-7-9-13-19/h7-16,18H,17H2,1-6H3. The van der Waals surface area contributed by atoms with Crippen molar-refractivity contribution in [3.63, 3.8) is 0 Å². The molecule has 1 aromatic heterocycles. The molecule has 0 bridgehead atoms. The highest BCUT2D eigenvalue weighted by Gasteiger charge is 2.24. The van der Waals surface area contributed by atoms with Crippen molar-refractivity contribution < 1.29 is 0 Å². The van der Waals surface area contributed by atoms with Crippen LogP contribution in [0.5, 0.6) is 0 Å². The summed E-state index contributed by atoms with van der Waals surface area (Å²) in [6, 6.07) is 21.6. The van der Waals surface area contributed by atoms with Crippen molar-refractivity contribution in [1.82, 2.24) is 4.98 Å². The van der Waals surface area contributed by atoms with Crippen molar-refractivity contribution in [1.29, 1.82) is 0 Å². The second-order valence-electron chi connectivity index (χ2n) is 9.63. The summed E-state index contributed by atoms with van der Waals surface area (Å²) in [6.07, 6.45) is 3.24. The first kappa shape index (κ1) is 19.6. The summed E-state index contributed by atoms with van der Waals surface area (Å²) in [4.78, 5) is 4.93. The molecule has 0 aliphatic rings. The van der Waals surface area contributed by atoms with Gasteiger partial charge in [-0.1, -0.05) is 95.0 Å². The van der Waals surface area contributed by atoms with Gasteiger partial charge in [-0.05, 0) is 39.8 Å². The van der Waals surface area contributed by atoms with E-state index in [2.05, 4.69) is 107 Å². The van der Waals surface area contributed by atoms with Crippen LogP contribution >= 0.6 is 0 Å². The third-order valence-corrected chi connectivity index (χ3v) is 6.87. The molecule has 2 aromatic carbocycles. The van der Waals surface area contributed by atoms with Crippen LogP contribution in [-0.2, 0) is 6.42 Å². The monoisotopic (exact) mass is 373 g/mol. The van der Waals surface area contributed by atoms with Gasteiger partial charge in [0.1, 0.15) is 0 Å². The molecular weight excluding hydrogens is 342 g/mol. The van der Waals surface area contributed by atoms with Gasteiger partial charge in [-0.3, -0.25) is 4.98 Å². The van der Waals surface area contributed by atoms with Gasteiger partial charge < -0.3 is 0 Å². The summed E-state index contributed by atoms with van der Waals surface area (Å²) in [5.41, 5.74) is 6.49. The molecule has 1 nitrogen and oxygen atoms in total. The molecule has 0 fully saturated rings. The van der Waals surface area contributed by atoms with E-state index in [1.807, 2.05) is 0 Å². The van der Waals surface area contributed by atoms with Crippen LogP contribution < -0.4 is 5.19 Å². The Balaban J connectivity index is 2.15. The Kier molecular flexibility index (Phi) is 5.39. The van der Waals surface area contributed by atoms with E-state index in [1.54, 1.807) is 0 Å². The first-order valence-corrected chi connectivity index (χ1v) is 13.3. The lowest BCUT2D eigenvalue weighted by Gasteiger charge is -2.26. The molecule has 0 amide bonds. The zero-order chi connectivity index (χ0) is 19.7. The van der Waals surface area contributed by atoms with Crippen molar-refractivity contribution >= 4 is 13.3 Å². The molecule has 0 radical (unpaired) electrons. The Morgan fingerprint density at radius 2 is 1.41 bits per heavy atom. The molecule has 1 heterocycles. The molecule has 0 atom stereocenters. The SMILES string of the molecule is CC(C)(C)Cc1cc(-c2ccccc2-c2ccccc2)ncc1[Si](C)(C)C. The molecule has 3 rings (SSSR count). The number of pyridine rings is 1. The van der Waals surface area contributed by atoms with Gasteiger partial charge in [-0.15, -0.1) is 0 Å². The Hall–Kier alpha value is -2.19. The number of aromatic nitrogens is 1. The van der Waals surface area contributed by atoms with Gasteiger partial charge in [-0.25, -0.2) is 0 Å². The highest BCUT2D eigenvalue weighted by molar-refractivity contribution is 6.89. The van der Waals surface area contributed by atoms with E-state index in [1.165, 1.54) is 27.4 Å². The van der Waals surface area contributed by atoms with Crippen LogP contribution in [0.25, 0.3) is 22.4 Å². The van der Waals surface area contributed by atoms with Crippen molar-refractivity contribution in [2.24, 2.45) is 5.41 Å². The third-order valence-electron chi connectivity index (χ3n) is 4.81. The fourth-order valence-electron chi connectivity index (χ4n) is 3.61. The molecule has 0 N–H and O–H groups in total. The maximum atomic E-state index is 4.93. The summed E-state index contributed by atoms with van der Waals surface area (Å²) < 4.78 is 0. The molecule has 27 heavy (non-hydrogen) atoms. The van der Waals surface area contributed by atoms with Gasteiger partial charge in [0.05, 0.1) is 13.8 Å². The summed E-state index contributed by atoms with van der Waals surface area (Å²) in [5, 5.41) is 1.48. The zero-order valence-electron chi connectivity index (χ0n) is 17.5. The Morgan fingerprint density at radius 1 is 0.815 bits per heavy atom. The van der Waals surface area contributed by atoms with E-state index < -0.39 is 8.07 Å². The molecule has 0 saturated carbocycles. The van der Waals surface area contributed by atoms with Crippen molar-refractivity contribution in [3.05, 3.63) is 72.4 Å². The molecule has 0 aliphatic heterocycles. The number of benzene rings is 2. The van der Waals surface area contributed by atoms with E-state index in [0.717, 1.165) is 12.1 Å². The minimum atomic E-state index is -1.44. The van der Waals surface area contributed by atoms with Crippen LogP contribution in [0.1, 0.15) is 26.3 Å². The van der Waals surface area contributed by atoms with E-state index in [0.29, 0.717) is 0 Å². The van der Waals surface area contributed by atoms with Crippen molar-refractivity contribution in [2.45, 2.75) is 46.8 Å². The van der Waals surface area contributed by atoms with Gasteiger partial charge >= 0.3 is 0 Å².